The summed E-state index contributed by atoms with van der Waals surface area (Å²) in [6.45, 7) is 3.20. The van der Waals surface area contributed by atoms with Gasteiger partial charge in [0.2, 0.25) is 0 Å². The molecule has 0 fully saturated rings. The number of thioether (sulfide) groups is 1. The van der Waals surface area contributed by atoms with Gasteiger partial charge in [0, 0.05) is 23.3 Å². The van der Waals surface area contributed by atoms with E-state index in [0.29, 0.717) is 5.03 Å². The molecule has 4 aromatic rings. The number of methoxy groups -OCH3 is 1. The molecule has 3 aromatic carbocycles. The number of alkyl halides is 3. The average molecular weight is 659 g/mol. The third-order valence-corrected chi connectivity index (χ3v) is 9.23. The van der Waals surface area contributed by atoms with E-state index in [1.807, 2.05) is 18.2 Å². The van der Waals surface area contributed by atoms with E-state index in [1.54, 1.807) is 19.1 Å². The third-order valence-electron chi connectivity index (χ3n) is 8.01. The fourth-order valence-corrected chi connectivity index (χ4v) is 7.31. The minimum atomic E-state index is -4.84. The lowest BCUT2D eigenvalue weighted by Crippen LogP contribution is -2.38. The van der Waals surface area contributed by atoms with Crippen LogP contribution in [0.2, 0.25) is 0 Å². The highest BCUT2D eigenvalue weighted by Gasteiger charge is 2.39. The number of esters is 1. The van der Waals surface area contributed by atoms with Crippen molar-refractivity contribution in [2.75, 3.05) is 26.0 Å². The standard InChI is InChI=1S/C34H31F5N2O4S/c1-4-45-28(42)17-40-31(20-10-6-5-7-11-20)26-18-46-33-22(16-23-24(34(37,38)39)13-9-14-25(23)35)19(2)29(32(43)41(26)33)21-12-8-15-27(44-3)30(21)36/h5-15,26,31,40H,4,16-18H2,1-3H3. The predicted molar refractivity (Wildman–Crippen MR) is 165 cm³/mol. The predicted octanol–water partition coefficient (Wildman–Crippen LogP) is 7.26. The van der Waals surface area contributed by atoms with Crippen molar-refractivity contribution in [2.45, 2.75) is 43.6 Å². The molecule has 0 bridgehead atoms. The number of rotatable bonds is 10. The lowest BCUT2D eigenvalue weighted by atomic mass is 9.91. The maximum atomic E-state index is 15.8. The van der Waals surface area contributed by atoms with E-state index in [-0.39, 0.29) is 46.9 Å². The van der Waals surface area contributed by atoms with Gasteiger partial charge in [-0.05, 0) is 48.7 Å². The Kier molecular flexibility index (Phi) is 9.88. The first-order valence-corrected chi connectivity index (χ1v) is 15.5. The highest BCUT2D eigenvalue weighted by atomic mass is 32.2. The molecule has 46 heavy (non-hydrogen) atoms. The average Bonchev–Trinajstić information content (AvgIpc) is 3.46. The lowest BCUT2D eigenvalue weighted by molar-refractivity contribution is -0.142. The molecule has 0 saturated heterocycles. The molecule has 2 heterocycles. The molecule has 0 aliphatic carbocycles. The van der Waals surface area contributed by atoms with Gasteiger partial charge < -0.3 is 9.47 Å². The van der Waals surface area contributed by atoms with Gasteiger partial charge in [-0.1, -0.05) is 48.5 Å². The van der Waals surface area contributed by atoms with E-state index in [4.69, 9.17) is 9.47 Å². The summed E-state index contributed by atoms with van der Waals surface area (Å²) in [6.07, 6.45) is -5.35. The molecular formula is C34H31F5N2O4S. The van der Waals surface area contributed by atoms with Crippen LogP contribution in [0.1, 0.15) is 46.8 Å². The van der Waals surface area contributed by atoms with Crippen molar-refractivity contribution in [3.63, 3.8) is 0 Å². The minimum Gasteiger partial charge on any atom is -0.494 e. The highest BCUT2D eigenvalue weighted by Crippen LogP contribution is 2.45. The molecule has 6 nitrogen and oxygen atoms in total. The van der Waals surface area contributed by atoms with Crippen LogP contribution in [0.15, 0.2) is 76.6 Å². The molecular weight excluding hydrogens is 627 g/mol. The van der Waals surface area contributed by atoms with Gasteiger partial charge in [0.05, 0.1) is 48.5 Å². The monoisotopic (exact) mass is 658 g/mol. The van der Waals surface area contributed by atoms with Gasteiger partial charge in [0.25, 0.3) is 5.56 Å². The molecule has 1 aromatic heterocycles. The summed E-state index contributed by atoms with van der Waals surface area (Å²) in [5, 5.41) is 3.53. The quantitative estimate of drug-likeness (QED) is 0.143. The number of ether oxygens (including phenoxy) is 2. The zero-order valence-corrected chi connectivity index (χ0v) is 26.0. The topological polar surface area (TPSA) is 69.6 Å². The van der Waals surface area contributed by atoms with E-state index >= 15 is 8.78 Å². The number of halogens is 5. The normalized spacial score (nSPS) is 15.0. The second kappa shape index (κ2) is 13.7. The first-order valence-electron chi connectivity index (χ1n) is 14.5. The Bertz CT molecular complexity index is 1810. The van der Waals surface area contributed by atoms with Crippen molar-refractivity contribution in [3.05, 3.63) is 117 Å². The molecule has 0 saturated carbocycles. The molecule has 5 rings (SSSR count). The number of aromatic nitrogens is 1. The van der Waals surface area contributed by atoms with Gasteiger partial charge in [-0.15, -0.1) is 11.8 Å². The van der Waals surface area contributed by atoms with E-state index in [1.165, 1.54) is 48.6 Å². The fourth-order valence-electron chi connectivity index (χ4n) is 5.88. The Balaban J connectivity index is 1.76. The Morgan fingerprint density at radius 3 is 2.43 bits per heavy atom. The number of benzene rings is 3. The smallest absolute Gasteiger partial charge is 0.416 e. The number of hydrogen-bond donors (Lipinski definition) is 1. The van der Waals surface area contributed by atoms with Gasteiger partial charge in [0.15, 0.2) is 11.6 Å². The maximum absolute atomic E-state index is 15.8. The molecule has 0 amide bonds. The maximum Gasteiger partial charge on any atom is 0.416 e. The van der Waals surface area contributed by atoms with Crippen molar-refractivity contribution in [1.82, 2.24) is 9.88 Å². The van der Waals surface area contributed by atoms with Crippen molar-refractivity contribution in [3.8, 4) is 16.9 Å². The van der Waals surface area contributed by atoms with Crippen LogP contribution in [0, 0.1) is 18.6 Å². The van der Waals surface area contributed by atoms with E-state index in [9.17, 15) is 22.8 Å². The second-order valence-electron chi connectivity index (χ2n) is 10.7. The summed E-state index contributed by atoms with van der Waals surface area (Å²) in [6, 6.07) is 14.8. The Hall–Kier alpha value is -4.16. The fraction of sp³-hybridized carbons (Fsp3) is 0.294. The molecule has 2 unspecified atom stereocenters. The zero-order chi connectivity index (χ0) is 33.2. The van der Waals surface area contributed by atoms with Crippen molar-refractivity contribution in [1.29, 1.82) is 0 Å². The van der Waals surface area contributed by atoms with Crippen LogP contribution in [0.5, 0.6) is 5.75 Å². The van der Waals surface area contributed by atoms with Crippen LogP contribution in [0.4, 0.5) is 22.0 Å². The van der Waals surface area contributed by atoms with Crippen LogP contribution >= 0.6 is 11.8 Å². The van der Waals surface area contributed by atoms with E-state index in [2.05, 4.69) is 5.32 Å². The molecule has 1 aliphatic rings. The molecule has 1 aliphatic heterocycles. The SMILES string of the molecule is CCOC(=O)CNC(c1ccccc1)C1CSc2c(Cc3c(F)cccc3C(F)(F)F)c(C)c(-c3cccc(OC)c3F)c(=O)n21. The molecule has 2 atom stereocenters. The first-order chi connectivity index (χ1) is 22.0. The van der Waals surface area contributed by atoms with Gasteiger partial charge >= 0.3 is 12.1 Å². The number of pyridine rings is 1. The Morgan fingerprint density at radius 1 is 1.04 bits per heavy atom. The number of nitrogens with zero attached hydrogens (tertiary/aromatic N) is 1. The summed E-state index contributed by atoms with van der Waals surface area (Å²) in [5.41, 5.74) is -1.26. The number of nitrogens with one attached hydrogen (secondary N) is 1. The molecule has 0 spiro atoms. The molecule has 1 N–H and O–H groups in total. The highest BCUT2D eigenvalue weighted by molar-refractivity contribution is 7.99. The zero-order valence-electron chi connectivity index (χ0n) is 25.2. The van der Waals surface area contributed by atoms with Crippen LogP contribution in [0.3, 0.4) is 0 Å². The number of carbonyl (C=O) groups is 1. The summed E-state index contributed by atoms with van der Waals surface area (Å²) >= 11 is 1.24. The lowest BCUT2D eigenvalue weighted by Gasteiger charge is -2.28. The first kappa shape index (κ1) is 33.2. The van der Waals surface area contributed by atoms with Crippen molar-refractivity contribution in [2.24, 2.45) is 0 Å². The molecule has 12 heteroatoms. The number of fused-ring (bicyclic) bond motifs is 1. The largest absolute Gasteiger partial charge is 0.494 e. The van der Waals surface area contributed by atoms with E-state index < -0.39 is 59.0 Å². The van der Waals surface area contributed by atoms with Gasteiger partial charge in [-0.3, -0.25) is 19.5 Å². The Labute approximate surface area is 266 Å². The summed E-state index contributed by atoms with van der Waals surface area (Å²) in [7, 11) is 1.28. The Morgan fingerprint density at radius 2 is 1.76 bits per heavy atom. The molecule has 242 valence electrons. The van der Waals surface area contributed by atoms with Gasteiger partial charge in [-0.25, -0.2) is 8.78 Å². The van der Waals surface area contributed by atoms with Crippen molar-refractivity contribution < 1.29 is 36.2 Å². The van der Waals surface area contributed by atoms with Gasteiger partial charge in [-0.2, -0.15) is 13.2 Å². The second-order valence-corrected chi connectivity index (χ2v) is 11.7. The van der Waals surface area contributed by atoms with Gasteiger partial charge in [0.1, 0.15) is 5.82 Å². The van der Waals surface area contributed by atoms with Crippen LogP contribution in [-0.4, -0.2) is 36.6 Å². The summed E-state index contributed by atoms with van der Waals surface area (Å²) < 4.78 is 84.8. The van der Waals surface area contributed by atoms with Crippen molar-refractivity contribution >= 4 is 17.7 Å². The minimum absolute atomic E-state index is 0.0789. The molecule has 0 radical (unpaired) electrons. The van der Waals surface area contributed by atoms with E-state index in [0.717, 1.165) is 23.8 Å². The number of carbonyl (C=O) groups excluding carboxylic acids is 1. The number of hydrogen-bond acceptors (Lipinski definition) is 6. The van der Waals surface area contributed by atoms with Crippen LogP contribution in [0.25, 0.3) is 11.1 Å². The third kappa shape index (κ3) is 6.41. The summed E-state index contributed by atoms with van der Waals surface area (Å²) in [4.78, 5) is 26.8. The van der Waals surface area contributed by atoms with Crippen LogP contribution < -0.4 is 15.6 Å². The summed E-state index contributed by atoms with van der Waals surface area (Å²) in [5.74, 6) is -2.22. The van der Waals surface area contributed by atoms with Crippen LogP contribution in [-0.2, 0) is 22.1 Å².